The van der Waals surface area contributed by atoms with Gasteiger partial charge in [0.05, 0.1) is 5.56 Å². The van der Waals surface area contributed by atoms with Crippen LogP contribution in [0.25, 0.3) is 0 Å². The van der Waals surface area contributed by atoms with Gasteiger partial charge in [0.15, 0.2) is 5.78 Å². The number of pyridine rings is 1. The molecule has 1 aromatic rings. The number of nitrogens with zero attached hydrogens (tertiary/aromatic N) is 1. The Bertz CT molecular complexity index is 393. The van der Waals surface area contributed by atoms with E-state index in [1.165, 1.54) is 0 Å². The van der Waals surface area contributed by atoms with Crippen LogP contribution in [0.4, 0.5) is 13.2 Å². The quantitative estimate of drug-likeness (QED) is 0.745. The van der Waals surface area contributed by atoms with Gasteiger partial charge in [-0.1, -0.05) is 0 Å². The number of carbonyl (C=O) groups is 1. The highest BCUT2D eigenvalue weighted by molar-refractivity contribution is 5.94. The summed E-state index contributed by atoms with van der Waals surface area (Å²) in [6, 6.07) is 2.04. The van der Waals surface area contributed by atoms with Crippen LogP contribution < -0.4 is 0 Å². The van der Waals surface area contributed by atoms with Gasteiger partial charge in [-0.3, -0.25) is 9.78 Å². The van der Waals surface area contributed by atoms with E-state index < -0.39 is 11.7 Å². The molecule has 16 heavy (non-hydrogen) atoms. The van der Waals surface area contributed by atoms with Gasteiger partial charge in [-0.05, 0) is 30.9 Å². The number of hydrogen-bond donors (Lipinski definition) is 0. The van der Waals surface area contributed by atoms with Gasteiger partial charge in [0.2, 0.25) is 0 Å². The van der Waals surface area contributed by atoms with Crippen LogP contribution in [-0.4, -0.2) is 10.8 Å². The van der Waals surface area contributed by atoms with Crippen molar-refractivity contribution in [1.82, 2.24) is 4.98 Å². The van der Waals surface area contributed by atoms with E-state index in [9.17, 15) is 18.0 Å². The van der Waals surface area contributed by atoms with Crippen molar-refractivity contribution in [2.45, 2.75) is 25.4 Å². The van der Waals surface area contributed by atoms with Gasteiger partial charge in [-0.25, -0.2) is 0 Å². The molecule has 86 valence electrons. The normalized spacial score (nSPS) is 16.2. The molecule has 0 spiro atoms. The van der Waals surface area contributed by atoms with E-state index in [2.05, 4.69) is 4.98 Å². The van der Waals surface area contributed by atoms with E-state index in [-0.39, 0.29) is 11.5 Å². The second kappa shape index (κ2) is 3.88. The SMILES string of the molecule is O=C(CC1CC1)c1ccc(C(F)(F)F)cn1. The Balaban J connectivity index is 2.09. The average molecular weight is 229 g/mol. The molecule has 1 aliphatic carbocycles. The number of alkyl halides is 3. The van der Waals surface area contributed by atoms with Crippen molar-refractivity contribution in [2.75, 3.05) is 0 Å². The van der Waals surface area contributed by atoms with Crippen molar-refractivity contribution in [3.05, 3.63) is 29.6 Å². The molecule has 0 amide bonds. The fraction of sp³-hybridized carbons (Fsp3) is 0.455. The second-order valence-electron chi connectivity index (χ2n) is 4.00. The third-order valence-electron chi connectivity index (χ3n) is 2.55. The third-order valence-corrected chi connectivity index (χ3v) is 2.55. The average Bonchev–Trinajstić information content (AvgIpc) is 3.00. The predicted molar refractivity (Wildman–Crippen MR) is 50.9 cm³/mol. The summed E-state index contributed by atoms with van der Waals surface area (Å²) in [5.41, 5.74) is -0.699. The van der Waals surface area contributed by atoms with Gasteiger partial charge in [0.1, 0.15) is 5.69 Å². The van der Waals surface area contributed by atoms with Crippen molar-refractivity contribution in [1.29, 1.82) is 0 Å². The maximum absolute atomic E-state index is 12.2. The molecule has 0 bridgehead atoms. The Kier molecular flexibility index (Phi) is 2.69. The van der Waals surface area contributed by atoms with Crippen molar-refractivity contribution in [3.8, 4) is 0 Å². The van der Waals surface area contributed by atoms with Crippen LogP contribution in [0.15, 0.2) is 18.3 Å². The van der Waals surface area contributed by atoms with Crippen LogP contribution in [0.5, 0.6) is 0 Å². The van der Waals surface area contributed by atoms with Gasteiger partial charge in [-0.15, -0.1) is 0 Å². The summed E-state index contributed by atoms with van der Waals surface area (Å²) in [6.45, 7) is 0. The maximum atomic E-state index is 12.2. The summed E-state index contributed by atoms with van der Waals surface area (Å²) >= 11 is 0. The molecule has 1 aliphatic rings. The Morgan fingerprint density at radius 2 is 2.06 bits per heavy atom. The van der Waals surface area contributed by atoms with Crippen LogP contribution in [-0.2, 0) is 6.18 Å². The molecule has 0 unspecified atom stereocenters. The second-order valence-corrected chi connectivity index (χ2v) is 4.00. The van der Waals surface area contributed by atoms with Gasteiger partial charge < -0.3 is 0 Å². The Labute approximate surface area is 90.5 Å². The first kappa shape index (κ1) is 11.1. The fourth-order valence-electron chi connectivity index (χ4n) is 1.42. The predicted octanol–water partition coefficient (Wildman–Crippen LogP) is 3.08. The topological polar surface area (TPSA) is 30.0 Å². The number of halogens is 3. The monoisotopic (exact) mass is 229 g/mol. The van der Waals surface area contributed by atoms with Crippen LogP contribution in [0.1, 0.15) is 35.3 Å². The molecule has 0 radical (unpaired) electrons. The van der Waals surface area contributed by atoms with Gasteiger partial charge in [0.25, 0.3) is 0 Å². The first-order valence-corrected chi connectivity index (χ1v) is 5.03. The Hall–Kier alpha value is -1.39. The lowest BCUT2D eigenvalue weighted by molar-refractivity contribution is -0.137. The van der Waals surface area contributed by atoms with Crippen molar-refractivity contribution in [3.63, 3.8) is 0 Å². The van der Waals surface area contributed by atoms with E-state index in [4.69, 9.17) is 0 Å². The van der Waals surface area contributed by atoms with E-state index >= 15 is 0 Å². The van der Waals surface area contributed by atoms with Crippen LogP contribution in [0, 0.1) is 5.92 Å². The number of rotatable bonds is 3. The molecule has 0 saturated heterocycles. The summed E-state index contributed by atoms with van der Waals surface area (Å²) in [5, 5.41) is 0. The molecule has 0 aromatic carbocycles. The minimum absolute atomic E-state index is 0.125. The molecular weight excluding hydrogens is 219 g/mol. The molecule has 0 N–H and O–H groups in total. The summed E-state index contributed by atoms with van der Waals surface area (Å²) < 4.78 is 36.6. The van der Waals surface area contributed by atoms with E-state index in [1.54, 1.807) is 0 Å². The number of ketones is 1. The molecule has 0 atom stereocenters. The van der Waals surface area contributed by atoms with Gasteiger partial charge >= 0.3 is 6.18 Å². The number of hydrogen-bond acceptors (Lipinski definition) is 2. The lowest BCUT2D eigenvalue weighted by Gasteiger charge is -2.06. The molecule has 1 saturated carbocycles. The minimum atomic E-state index is -4.40. The van der Waals surface area contributed by atoms with Gasteiger partial charge in [-0.2, -0.15) is 13.2 Å². The molecule has 1 heterocycles. The largest absolute Gasteiger partial charge is 0.417 e. The molecular formula is C11H10F3NO. The Morgan fingerprint density at radius 3 is 2.50 bits per heavy atom. The van der Waals surface area contributed by atoms with Crippen LogP contribution >= 0.6 is 0 Å². The molecule has 2 nitrogen and oxygen atoms in total. The number of carbonyl (C=O) groups excluding carboxylic acids is 1. The highest BCUT2D eigenvalue weighted by atomic mass is 19.4. The summed E-state index contributed by atoms with van der Waals surface area (Å²) in [7, 11) is 0. The summed E-state index contributed by atoms with van der Waals surface area (Å²) in [4.78, 5) is 15.1. The summed E-state index contributed by atoms with van der Waals surface area (Å²) in [5.74, 6) is 0.243. The van der Waals surface area contributed by atoms with E-state index in [0.717, 1.165) is 25.0 Å². The van der Waals surface area contributed by atoms with Gasteiger partial charge in [0, 0.05) is 12.6 Å². The van der Waals surface area contributed by atoms with E-state index in [0.29, 0.717) is 18.5 Å². The van der Waals surface area contributed by atoms with Crippen molar-refractivity contribution in [2.24, 2.45) is 5.92 Å². The highest BCUT2D eigenvalue weighted by Gasteiger charge is 2.31. The Morgan fingerprint density at radius 1 is 1.38 bits per heavy atom. The molecule has 1 aromatic heterocycles. The zero-order chi connectivity index (χ0) is 11.8. The minimum Gasteiger partial charge on any atom is -0.292 e. The lowest BCUT2D eigenvalue weighted by atomic mass is 10.1. The molecule has 1 fully saturated rings. The molecule has 5 heteroatoms. The molecule has 0 aliphatic heterocycles. The lowest BCUT2D eigenvalue weighted by Crippen LogP contribution is -2.08. The maximum Gasteiger partial charge on any atom is 0.417 e. The molecule has 2 rings (SSSR count). The number of Topliss-reactive ketones (excluding diaryl/α,β-unsaturated/α-hetero) is 1. The highest BCUT2D eigenvalue weighted by Crippen LogP contribution is 2.33. The number of aromatic nitrogens is 1. The van der Waals surface area contributed by atoms with Crippen molar-refractivity contribution < 1.29 is 18.0 Å². The third kappa shape index (κ3) is 2.59. The fourth-order valence-corrected chi connectivity index (χ4v) is 1.42. The first-order valence-electron chi connectivity index (χ1n) is 5.03. The van der Waals surface area contributed by atoms with Crippen molar-refractivity contribution >= 4 is 5.78 Å². The smallest absolute Gasteiger partial charge is 0.292 e. The van der Waals surface area contributed by atoms with Crippen LogP contribution in [0.3, 0.4) is 0 Å². The first-order chi connectivity index (χ1) is 7.47. The zero-order valence-electron chi connectivity index (χ0n) is 8.42. The van der Waals surface area contributed by atoms with E-state index in [1.807, 2.05) is 0 Å². The zero-order valence-corrected chi connectivity index (χ0v) is 8.42. The standard InChI is InChI=1S/C11H10F3NO/c12-11(13,14)8-3-4-9(15-6-8)10(16)5-7-1-2-7/h3-4,6-7H,1-2,5H2. The summed E-state index contributed by atoms with van der Waals surface area (Å²) in [6.07, 6.45) is -1.22. The van der Waals surface area contributed by atoms with Crippen LogP contribution in [0.2, 0.25) is 0 Å².